The summed E-state index contributed by atoms with van der Waals surface area (Å²) in [7, 11) is 1.54. The van der Waals surface area contributed by atoms with Crippen molar-refractivity contribution in [2.24, 2.45) is 5.41 Å². The van der Waals surface area contributed by atoms with Crippen LogP contribution in [0.25, 0.3) is 22.2 Å². The lowest BCUT2D eigenvalue weighted by atomic mass is 9.86. The number of benzene rings is 3. The minimum absolute atomic E-state index is 0.0453. The first-order chi connectivity index (χ1) is 29.1. The third kappa shape index (κ3) is 12.6. The van der Waals surface area contributed by atoms with E-state index in [9.17, 15) is 36.7 Å². The number of likely N-dealkylation sites (tertiary alicyclic amines) is 1. The zero-order valence-corrected chi connectivity index (χ0v) is 35.7. The van der Waals surface area contributed by atoms with E-state index in [1.54, 1.807) is 51.0 Å². The summed E-state index contributed by atoms with van der Waals surface area (Å²) < 4.78 is 74.7. The van der Waals surface area contributed by atoms with Crippen molar-refractivity contribution < 1.29 is 56.1 Å². The fourth-order valence-corrected chi connectivity index (χ4v) is 7.06. The normalized spacial score (nSPS) is 16.7. The summed E-state index contributed by atoms with van der Waals surface area (Å²) in [5.74, 6) is -4.60. The van der Waals surface area contributed by atoms with E-state index in [1.165, 1.54) is 0 Å². The van der Waals surface area contributed by atoms with E-state index in [2.05, 4.69) is 16.0 Å². The number of carbonyl (C=O) groups excluding carboxylic acids is 3. The zero-order valence-electron chi connectivity index (χ0n) is 35.7. The molecule has 1 fully saturated rings. The van der Waals surface area contributed by atoms with Gasteiger partial charge in [0.15, 0.2) is 0 Å². The van der Waals surface area contributed by atoms with E-state index in [0.29, 0.717) is 40.2 Å². The standard InChI is InChI=1S/C45H53F4N5O8/c1-44(2,3)38(53-43(59)62-45(4,5)6)24-54-23-28(61-37-21-33(25-11-9-8-10-12-25)51-34-19-27(60-7)13-14-30(34)37)20-36(54)41(56)52-35(22-39(48)49)40(55)50-16-15-29-31(46)17-26(42(57)58)18-32(29)47/h8-14,17-19,21,28,35-36,38-39H,15-16,20,22-24H2,1-7H3,(H,50,55)(H,52,56)(H,53,59)(H,57,58)/t28-,35+,36?,38-/m1/s1. The Morgan fingerprint density at radius 2 is 1.61 bits per heavy atom. The first kappa shape index (κ1) is 47.1. The van der Waals surface area contributed by atoms with E-state index >= 15 is 0 Å². The molecule has 0 radical (unpaired) electrons. The summed E-state index contributed by atoms with van der Waals surface area (Å²) in [5.41, 5.74) is -0.475. The average molecular weight is 868 g/mol. The Labute approximate surface area is 357 Å². The van der Waals surface area contributed by atoms with Gasteiger partial charge in [-0.3, -0.25) is 14.5 Å². The number of alkyl carbamates (subject to hydrolysis) is 1. The molecule has 0 bridgehead atoms. The Kier molecular flexibility index (Phi) is 15.1. The molecule has 0 aliphatic carbocycles. The van der Waals surface area contributed by atoms with Crippen molar-refractivity contribution in [1.82, 2.24) is 25.8 Å². The van der Waals surface area contributed by atoms with Crippen LogP contribution in [0.1, 0.15) is 70.3 Å². The largest absolute Gasteiger partial charge is 0.497 e. The second kappa shape index (κ2) is 19.8. The summed E-state index contributed by atoms with van der Waals surface area (Å²) >= 11 is 0. The van der Waals surface area contributed by atoms with Gasteiger partial charge in [-0.25, -0.2) is 32.1 Å². The minimum atomic E-state index is -3.03. The van der Waals surface area contributed by atoms with Gasteiger partial charge in [-0.15, -0.1) is 0 Å². The van der Waals surface area contributed by atoms with Gasteiger partial charge in [0.1, 0.15) is 40.9 Å². The van der Waals surface area contributed by atoms with Crippen molar-refractivity contribution in [2.45, 2.75) is 97.1 Å². The highest BCUT2D eigenvalue weighted by Crippen LogP contribution is 2.35. The Bertz CT molecular complexity index is 2230. The number of methoxy groups -OCH3 is 1. The Morgan fingerprint density at radius 1 is 0.935 bits per heavy atom. The molecule has 1 aliphatic heterocycles. The zero-order chi connectivity index (χ0) is 45.5. The Balaban J connectivity index is 1.42. The summed E-state index contributed by atoms with van der Waals surface area (Å²) in [6, 6.07) is 14.5. The number of carbonyl (C=O) groups is 4. The van der Waals surface area contributed by atoms with E-state index in [1.807, 2.05) is 57.2 Å². The van der Waals surface area contributed by atoms with Gasteiger partial charge in [0.2, 0.25) is 18.2 Å². The summed E-state index contributed by atoms with van der Waals surface area (Å²) in [4.78, 5) is 58.5. The number of hydrogen-bond acceptors (Lipinski definition) is 9. The molecule has 13 nitrogen and oxygen atoms in total. The molecule has 4 N–H and O–H groups in total. The van der Waals surface area contributed by atoms with E-state index in [0.717, 1.165) is 5.56 Å². The molecule has 1 saturated heterocycles. The van der Waals surface area contributed by atoms with Crippen LogP contribution >= 0.6 is 0 Å². The van der Waals surface area contributed by atoms with E-state index < -0.39 is 108 Å². The molecule has 1 aromatic heterocycles. The lowest BCUT2D eigenvalue weighted by Crippen LogP contribution is -2.56. The number of aromatic nitrogens is 1. The average Bonchev–Trinajstić information content (AvgIpc) is 3.58. The lowest BCUT2D eigenvalue weighted by molar-refractivity contribution is -0.132. The van der Waals surface area contributed by atoms with Crippen LogP contribution in [-0.4, -0.2) is 102 Å². The predicted octanol–water partition coefficient (Wildman–Crippen LogP) is 7.15. The first-order valence-electron chi connectivity index (χ1n) is 20.1. The van der Waals surface area contributed by atoms with Crippen LogP contribution in [0, 0.1) is 17.0 Å². The molecule has 334 valence electrons. The fourth-order valence-electron chi connectivity index (χ4n) is 7.06. The van der Waals surface area contributed by atoms with Gasteiger partial charge >= 0.3 is 12.1 Å². The van der Waals surface area contributed by atoms with Gasteiger partial charge in [-0.2, -0.15) is 0 Å². The first-order valence-corrected chi connectivity index (χ1v) is 20.1. The molecule has 5 rings (SSSR count). The van der Waals surface area contributed by atoms with E-state index in [4.69, 9.17) is 24.3 Å². The molecule has 3 aromatic carbocycles. The number of amides is 3. The van der Waals surface area contributed by atoms with Crippen LogP contribution in [0.15, 0.2) is 66.7 Å². The third-order valence-corrected chi connectivity index (χ3v) is 10.3. The topological polar surface area (TPSA) is 168 Å². The summed E-state index contributed by atoms with van der Waals surface area (Å²) in [6.45, 7) is 10.7. The fraction of sp³-hybridized carbons (Fsp3) is 0.444. The second-order valence-corrected chi connectivity index (χ2v) is 17.2. The van der Waals surface area contributed by atoms with Gasteiger partial charge in [-0.05, 0) is 56.9 Å². The molecule has 2 heterocycles. The summed E-state index contributed by atoms with van der Waals surface area (Å²) in [6.07, 6.45) is -5.83. The highest BCUT2D eigenvalue weighted by Gasteiger charge is 2.42. The molecule has 62 heavy (non-hydrogen) atoms. The van der Waals surface area contributed by atoms with Crippen LogP contribution in [-0.2, 0) is 20.7 Å². The van der Waals surface area contributed by atoms with Gasteiger partial charge in [0.25, 0.3) is 0 Å². The monoisotopic (exact) mass is 867 g/mol. The Morgan fingerprint density at radius 3 is 2.21 bits per heavy atom. The molecule has 17 heteroatoms. The second-order valence-electron chi connectivity index (χ2n) is 17.2. The van der Waals surface area contributed by atoms with Crippen LogP contribution < -0.4 is 25.4 Å². The van der Waals surface area contributed by atoms with E-state index in [-0.39, 0.29) is 19.5 Å². The molecule has 0 saturated carbocycles. The quantitative estimate of drug-likeness (QED) is 0.0850. The number of aromatic carboxylic acids is 1. The van der Waals surface area contributed by atoms with Crippen LogP contribution in [0.4, 0.5) is 22.4 Å². The number of fused-ring (bicyclic) bond motifs is 1. The maximum Gasteiger partial charge on any atom is 0.407 e. The van der Waals surface area contributed by atoms with Crippen molar-refractivity contribution in [3.63, 3.8) is 0 Å². The molecule has 1 aliphatic rings. The molecule has 3 amide bonds. The van der Waals surface area contributed by atoms with Crippen LogP contribution in [0.2, 0.25) is 0 Å². The number of hydrogen-bond donors (Lipinski definition) is 4. The van der Waals surface area contributed by atoms with Gasteiger partial charge in [-0.1, -0.05) is 51.1 Å². The number of halogens is 4. The van der Waals surface area contributed by atoms with Crippen molar-refractivity contribution in [3.8, 4) is 22.8 Å². The molecular formula is C45H53F4N5O8. The summed E-state index contributed by atoms with van der Waals surface area (Å²) in [5, 5.41) is 17.5. The van der Waals surface area contributed by atoms with Gasteiger partial charge in [0.05, 0.1) is 29.9 Å². The minimum Gasteiger partial charge on any atom is -0.497 e. The van der Waals surface area contributed by atoms with Crippen molar-refractivity contribution in [2.75, 3.05) is 26.7 Å². The number of pyridine rings is 1. The Hall–Kier alpha value is -5.97. The molecule has 4 atom stereocenters. The third-order valence-electron chi connectivity index (χ3n) is 10.3. The predicted molar refractivity (Wildman–Crippen MR) is 223 cm³/mol. The number of nitrogens with one attached hydrogen (secondary N) is 3. The van der Waals surface area contributed by atoms with Crippen LogP contribution in [0.3, 0.4) is 0 Å². The number of rotatable bonds is 16. The molecule has 0 spiro atoms. The molecule has 4 aromatic rings. The lowest BCUT2D eigenvalue weighted by Gasteiger charge is -2.36. The number of carboxylic acids is 1. The number of alkyl halides is 2. The maximum absolute atomic E-state index is 14.6. The maximum atomic E-state index is 14.6. The smallest absolute Gasteiger partial charge is 0.407 e. The van der Waals surface area contributed by atoms with Gasteiger partial charge < -0.3 is 35.3 Å². The highest BCUT2D eigenvalue weighted by atomic mass is 19.3. The number of nitrogens with zero attached hydrogens (tertiary/aromatic N) is 2. The van der Waals surface area contributed by atoms with Crippen molar-refractivity contribution in [3.05, 3.63) is 89.5 Å². The highest BCUT2D eigenvalue weighted by molar-refractivity contribution is 5.91. The molecular weight excluding hydrogens is 815 g/mol. The molecule has 1 unspecified atom stereocenters. The SMILES string of the molecule is COc1ccc2c(O[C@@H]3CC(C(=O)N[C@@H](CC(F)F)C(=O)NCCc4c(F)cc(C(=O)O)cc4F)N(C[C@@H](NC(=O)OC(C)(C)C)C(C)(C)C)C3)cc(-c3ccccc3)nc2c1. The van der Waals surface area contributed by atoms with Gasteiger partial charge in [0, 0.05) is 67.2 Å². The van der Waals surface area contributed by atoms with Crippen LogP contribution in [0.5, 0.6) is 11.5 Å². The number of ether oxygens (including phenoxy) is 3. The van der Waals surface area contributed by atoms with Crippen molar-refractivity contribution >= 4 is 34.8 Å². The number of carboxylic acid groups (broad SMARTS) is 1. The van der Waals surface area contributed by atoms with Crippen molar-refractivity contribution in [1.29, 1.82) is 0 Å².